The van der Waals surface area contributed by atoms with E-state index in [1.165, 1.54) is 12.8 Å². The summed E-state index contributed by atoms with van der Waals surface area (Å²) in [7, 11) is 6.40. The van der Waals surface area contributed by atoms with E-state index in [9.17, 15) is 5.26 Å². The normalized spacial score (nSPS) is 28.7. The smallest absolute Gasteiger partial charge is 0.0672 e. The van der Waals surface area contributed by atoms with Crippen molar-refractivity contribution in [3.8, 4) is 6.07 Å². The maximum absolute atomic E-state index is 9.39. The molecule has 0 N–H and O–H groups in total. The first-order valence-corrected chi connectivity index (χ1v) is 7.50. The Balaban J connectivity index is 2.67. The van der Waals surface area contributed by atoms with E-state index in [0.29, 0.717) is 11.5 Å². The van der Waals surface area contributed by atoms with Crippen LogP contribution < -0.4 is 0 Å². The lowest BCUT2D eigenvalue weighted by atomic mass is 9.68. The molecule has 1 fully saturated rings. The molecule has 0 aromatic rings. The summed E-state index contributed by atoms with van der Waals surface area (Å²) in [6, 6.07) is 2.97. The van der Waals surface area contributed by atoms with E-state index >= 15 is 0 Å². The van der Waals surface area contributed by atoms with Crippen LogP contribution in [0.1, 0.15) is 40.0 Å². The zero-order chi connectivity index (χ0) is 14.6. The summed E-state index contributed by atoms with van der Waals surface area (Å²) in [4.78, 5) is 4.62. The van der Waals surface area contributed by atoms with Gasteiger partial charge in [-0.1, -0.05) is 20.8 Å². The largest absolute Gasteiger partial charge is 0.308 e. The van der Waals surface area contributed by atoms with Crippen LogP contribution in [0.3, 0.4) is 0 Å². The molecule has 19 heavy (non-hydrogen) atoms. The summed E-state index contributed by atoms with van der Waals surface area (Å²) in [6.45, 7) is 9.11. The van der Waals surface area contributed by atoms with Crippen LogP contribution in [-0.4, -0.2) is 50.1 Å². The summed E-state index contributed by atoms with van der Waals surface area (Å²) in [6.07, 6.45) is 3.45. The fraction of sp³-hybridized carbons (Fsp3) is 0.938. The Kier molecular flexibility index (Phi) is 5.82. The van der Waals surface area contributed by atoms with Gasteiger partial charge in [-0.2, -0.15) is 5.26 Å². The average Bonchev–Trinajstić information content (AvgIpc) is 2.33. The van der Waals surface area contributed by atoms with Crippen LogP contribution in [0.4, 0.5) is 0 Å². The molecule has 0 spiro atoms. The quantitative estimate of drug-likeness (QED) is 0.783. The van der Waals surface area contributed by atoms with Gasteiger partial charge >= 0.3 is 0 Å². The molecule has 1 aliphatic carbocycles. The Morgan fingerprint density at radius 2 is 1.74 bits per heavy atom. The predicted octanol–water partition coefficient (Wildman–Crippen LogP) is 2.83. The Morgan fingerprint density at radius 3 is 2.21 bits per heavy atom. The van der Waals surface area contributed by atoms with E-state index in [-0.39, 0.29) is 5.92 Å². The molecule has 0 radical (unpaired) electrons. The van der Waals surface area contributed by atoms with E-state index in [0.717, 1.165) is 25.4 Å². The van der Waals surface area contributed by atoms with E-state index in [1.54, 1.807) is 0 Å². The van der Waals surface area contributed by atoms with Crippen LogP contribution >= 0.6 is 0 Å². The molecule has 3 heteroatoms. The van der Waals surface area contributed by atoms with Gasteiger partial charge in [0.15, 0.2) is 0 Å². The summed E-state index contributed by atoms with van der Waals surface area (Å²) in [5, 5.41) is 9.39. The van der Waals surface area contributed by atoms with Crippen LogP contribution in [0, 0.1) is 28.6 Å². The summed E-state index contributed by atoms with van der Waals surface area (Å²) >= 11 is 0. The van der Waals surface area contributed by atoms with Gasteiger partial charge in [0, 0.05) is 19.1 Å². The first kappa shape index (κ1) is 16.5. The molecule has 0 amide bonds. The molecule has 0 aromatic heterocycles. The van der Waals surface area contributed by atoms with Gasteiger partial charge in [-0.25, -0.2) is 0 Å². The van der Waals surface area contributed by atoms with Crippen LogP contribution in [0.2, 0.25) is 0 Å². The Morgan fingerprint density at radius 1 is 1.11 bits per heavy atom. The van der Waals surface area contributed by atoms with Crippen molar-refractivity contribution >= 4 is 0 Å². The van der Waals surface area contributed by atoms with Gasteiger partial charge in [-0.3, -0.25) is 0 Å². The number of nitriles is 1. The standard InChI is InChI=1S/C16H31N3/c1-16(2,3)14-8-7-13(12-17)15(11-14)19(6)10-9-18(4)5/h13-15H,7-11H2,1-6H3. The van der Waals surface area contributed by atoms with Gasteiger partial charge in [0.05, 0.1) is 12.0 Å². The second kappa shape index (κ2) is 6.72. The Labute approximate surface area is 119 Å². The van der Waals surface area contributed by atoms with Crippen molar-refractivity contribution < 1.29 is 0 Å². The van der Waals surface area contributed by atoms with Gasteiger partial charge in [-0.15, -0.1) is 0 Å². The van der Waals surface area contributed by atoms with Crippen molar-refractivity contribution in [3.05, 3.63) is 0 Å². The molecule has 1 aliphatic rings. The first-order chi connectivity index (χ1) is 8.75. The molecule has 0 bridgehead atoms. The minimum Gasteiger partial charge on any atom is -0.308 e. The van der Waals surface area contributed by atoms with Gasteiger partial charge in [-0.05, 0) is 51.7 Å². The molecule has 1 saturated carbocycles. The monoisotopic (exact) mass is 265 g/mol. The molecule has 0 aliphatic heterocycles. The van der Waals surface area contributed by atoms with E-state index in [4.69, 9.17) is 0 Å². The van der Waals surface area contributed by atoms with Crippen LogP contribution in [0.5, 0.6) is 0 Å². The minimum atomic E-state index is 0.214. The number of hydrogen-bond acceptors (Lipinski definition) is 3. The second-order valence-corrected chi connectivity index (χ2v) is 7.46. The van der Waals surface area contributed by atoms with Crippen LogP contribution in [-0.2, 0) is 0 Å². The minimum absolute atomic E-state index is 0.214. The molecular formula is C16H31N3. The highest BCUT2D eigenvalue weighted by molar-refractivity contribution is 4.98. The van der Waals surface area contributed by atoms with E-state index in [2.05, 4.69) is 57.8 Å². The first-order valence-electron chi connectivity index (χ1n) is 7.50. The van der Waals surface area contributed by atoms with Gasteiger partial charge in [0.1, 0.15) is 0 Å². The fourth-order valence-electron chi connectivity index (χ4n) is 3.09. The molecular weight excluding hydrogens is 234 g/mol. The third kappa shape index (κ3) is 4.78. The third-order valence-corrected chi connectivity index (χ3v) is 4.67. The highest BCUT2D eigenvalue weighted by atomic mass is 15.2. The summed E-state index contributed by atoms with van der Waals surface area (Å²) < 4.78 is 0. The van der Waals surface area contributed by atoms with Gasteiger partial charge in [0.25, 0.3) is 0 Å². The van der Waals surface area contributed by atoms with Crippen LogP contribution in [0.25, 0.3) is 0 Å². The fourth-order valence-corrected chi connectivity index (χ4v) is 3.09. The zero-order valence-corrected chi connectivity index (χ0v) is 13.6. The lowest BCUT2D eigenvalue weighted by molar-refractivity contribution is 0.0718. The molecule has 0 aromatic carbocycles. The zero-order valence-electron chi connectivity index (χ0n) is 13.6. The molecule has 1 rings (SSSR count). The van der Waals surface area contributed by atoms with Crippen molar-refractivity contribution in [3.63, 3.8) is 0 Å². The number of likely N-dealkylation sites (N-methyl/N-ethyl adjacent to an activating group) is 2. The van der Waals surface area contributed by atoms with Crippen molar-refractivity contribution in [2.45, 2.75) is 46.1 Å². The topological polar surface area (TPSA) is 30.3 Å². The Bertz CT molecular complexity index is 311. The predicted molar refractivity (Wildman–Crippen MR) is 80.9 cm³/mol. The van der Waals surface area contributed by atoms with Crippen molar-refractivity contribution in [1.82, 2.24) is 9.80 Å². The number of nitrogens with zero attached hydrogens (tertiary/aromatic N) is 3. The molecule has 0 saturated heterocycles. The molecule has 3 atom stereocenters. The molecule has 110 valence electrons. The van der Waals surface area contributed by atoms with Gasteiger partial charge in [0.2, 0.25) is 0 Å². The maximum atomic E-state index is 9.39. The molecule has 3 nitrogen and oxygen atoms in total. The van der Waals surface area contributed by atoms with E-state index < -0.39 is 0 Å². The van der Waals surface area contributed by atoms with Crippen molar-refractivity contribution in [2.24, 2.45) is 17.3 Å². The number of hydrogen-bond donors (Lipinski definition) is 0. The average molecular weight is 265 g/mol. The van der Waals surface area contributed by atoms with Gasteiger partial charge < -0.3 is 9.80 Å². The second-order valence-electron chi connectivity index (χ2n) is 7.46. The molecule has 3 unspecified atom stereocenters. The van der Waals surface area contributed by atoms with E-state index in [1.807, 2.05) is 0 Å². The lowest BCUT2D eigenvalue weighted by Crippen LogP contribution is -2.46. The highest BCUT2D eigenvalue weighted by Crippen LogP contribution is 2.41. The number of rotatable bonds is 4. The summed E-state index contributed by atoms with van der Waals surface area (Å²) in [5.74, 6) is 0.953. The van der Waals surface area contributed by atoms with Crippen molar-refractivity contribution in [1.29, 1.82) is 5.26 Å². The van der Waals surface area contributed by atoms with Crippen molar-refractivity contribution in [2.75, 3.05) is 34.2 Å². The van der Waals surface area contributed by atoms with Crippen LogP contribution in [0.15, 0.2) is 0 Å². The molecule has 0 heterocycles. The Hall–Kier alpha value is -0.590. The lowest BCUT2D eigenvalue weighted by Gasteiger charge is -2.43. The highest BCUT2D eigenvalue weighted by Gasteiger charge is 2.37. The maximum Gasteiger partial charge on any atom is 0.0672 e. The SMILES string of the molecule is CN(C)CCN(C)C1CC(C(C)(C)C)CCC1C#N. The summed E-state index contributed by atoms with van der Waals surface area (Å²) in [5.41, 5.74) is 0.362. The third-order valence-electron chi connectivity index (χ3n) is 4.67.